The van der Waals surface area contributed by atoms with Crippen molar-refractivity contribution in [2.75, 3.05) is 5.32 Å². The second kappa shape index (κ2) is 4.75. The summed E-state index contributed by atoms with van der Waals surface area (Å²) in [5, 5.41) is 13.0. The number of nitrogens with zero attached hydrogens (tertiary/aromatic N) is 3. The summed E-state index contributed by atoms with van der Waals surface area (Å²) in [5.41, 5.74) is 3.19. The van der Waals surface area contributed by atoms with Gasteiger partial charge in [0.25, 0.3) is 0 Å². The highest BCUT2D eigenvalue weighted by Crippen LogP contribution is 2.20. The topological polar surface area (TPSA) is 61.6 Å². The summed E-state index contributed by atoms with van der Waals surface area (Å²) in [4.78, 5) is 8.30. The van der Waals surface area contributed by atoms with E-state index in [1.807, 2.05) is 42.5 Å². The highest BCUT2D eigenvalue weighted by molar-refractivity contribution is 5.83. The predicted molar refractivity (Wildman–Crippen MR) is 74.0 cm³/mol. The molecule has 0 aliphatic rings. The molecule has 4 nitrogen and oxygen atoms in total. The van der Waals surface area contributed by atoms with Gasteiger partial charge >= 0.3 is 0 Å². The molecule has 3 rings (SSSR count). The third kappa shape index (κ3) is 2.35. The first-order valence-corrected chi connectivity index (χ1v) is 5.83. The van der Waals surface area contributed by atoms with Gasteiger partial charge in [-0.1, -0.05) is 6.07 Å². The molecule has 1 aromatic carbocycles. The first-order chi connectivity index (χ1) is 9.35. The SMILES string of the molecule is N#Cc1ccc(Nc2ccc3ncccc3c2)cn1. The normalized spacial score (nSPS) is 10.1. The molecule has 3 aromatic rings. The van der Waals surface area contributed by atoms with E-state index in [0.29, 0.717) is 5.69 Å². The van der Waals surface area contributed by atoms with Gasteiger partial charge in [-0.25, -0.2) is 4.98 Å². The van der Waals surface area contributed by atoms with E-state index in [2.05, 4.69) is 15.3 Å². The molecule has 0 radical (unpaired) electrons. The number of pyridine rings is 2. The van der Waals surface area contributed by atoms with E-state index in [1.165, 1.54) is 0 Å². The molecule has 19 heavy (non-hydrogen) atoms. The third-order valence-electron chi connectivity index (χ3n) is 2.77. The number of fused-ring (bicyclic) bond motifs is 1. The predicted octanol–water partition coefficient (Wildman–Crippen LogP) is 3.25. The Balaban J connectivity index is 1.90. The second-order valence-electron chi connectivity index (χ2n) is 4.08. The maximum Gasteiger partial charge on any atom is 0.140 e. The van der Waals surface area contributed by atoms with Crippen LogP contribution in [-0.2, 0) is 0 Å². The van der Waals surface area contributed by atoms with Crippen molar-refractivity contribution in [3.05, 3.63) is 60.6 Å². The maximum absolute atomic E-state index is 8.70. The molecule has 0 bridgehead atoms. The molecule has 0 unspecified atom stereocenters. The summed E-state index contributed by atoms with van der Waals surface area (Å²) in [6, 6.07) is 15.4. The molecule has 90 valence electrons. The quantitative estimate of drug-likeness (QED) is 0.754. The van der Waals surface area contributed by atoms with Crippen LogP contribution in [0.25, 0.3) is 10.9 Å². The van der Waals surface area contributed by atoms with Gasteiger partial charge in [0.15, 0.2) is 0 Å². The van der Waals surface area contributed by atoms with Gasteiger partial charge < -0.3 is 5.32 Å². The highest BCUT2D eigenvalue weighted by atomic mass is 14.9. The molecule has 0 amide bonds. The Morgan fingerprint density at radius 1 is 1.00 bits per heavy atom. The molecule has 4 heteroatoms. The van der Waals surface area contributed by atoms with Crippen molar-refractivity contribution in [3.63, 3.8) is 0 Å². The summed E-state index contributed by atoms with van der Waals surface area (Å²) in [5.74, 6) is 0. The summed E-state index contributed by atoms with van der Waals surface area (Å²) in [6.45, 7) is 0. The van der Waals surface area contributed by atoms with E-state index < -0.39 is 0 Å². The number of anilines is 2. The van der Waals surface area contributed by atoms with Crippen LogP contribution in [-0.4, -0.2) is 9.97 Å². The highest BCUT2D eigenvalue weighted by Gasteiger charge is 1.99. The minimum absolute atomic E-state index is 0.410. The van der Waals surface area contributed by atoms with Gasteiger partial charge in [-0.05, 0) is 36.4 Å². The first kappa shape index (κ1) is 11.2. The van der Waals surface area contributed by atoms with Crippen LogP contribution in [0.3, 0.4) is 0 Å². The number of rotatable bonds is 2. The van der Waals surface area contributed by atoms with Gasteiger partial charge in [0.2, 0.25) is 0 Å². The van der Waals surface area contributed by atoms with Crippen molar-refractivity contribution in [2.45, 2.75) is 0 Å². The molecular formula is C15H10N4. The van der Waals surface area contributed by atoms with Crippen molar-refractivity contribution >= 4 is 22.3 Å². The monoisotopic (exact) mass is 246 g/mol. The van der Waals surface area contributed by atoms with Crippen LogP contribution in [0.1, 0.15) is 5.69 Å². The zero-order valence-electron chi connectivity index (χ0n) is 10.0. The van der Waals surface area contributed by atoms with E-state index in [4.69, 9.17) is 5.26 Å². The van der Waals surface area contributed by atoms with E-state index in [0.717, 1.165) is 22.3 Å². The molecule has 2 aromatic heterocycles. The van der Waals surface area contributed by atoms with E-state index in [1.54, 1.807) is 18.5 Å². The van der Waals surface area contributed by atoms with Gasteiger partial charge in [0.1, 0.15) is 11.8 Å². The summed E-state index contributed by atoms with van der Waals surface area (Å²) in [7, 11) is 0. The van der Waals surface area contributed by atoms with Crippen molar-refractivity contribution in [2.24, 2.45) is 0 Å². The summed E-state index contributed by atoms with van der Waals surface area (Å²) < 4.78 is 0. The van der Waals surface area contributed by atoms with E-state index >= 15 is 0 Å². The molecule has 0 aliphatic heterocycles. The fourth-order valence-corrected chi connectivity index (χ4v) is 1.85. The Morgan fingerprint density at radius 2 is 1.89 bits per heavy atom. The summed E-state index contributed by atoms with van der Waals surface area (Å²) >= 11 is 0. The van der Waals surface area contributed by atoms with Crippen molar-refractivity contribution < 1.29 is 0 Å². The van der Waals surface area contributed by atoms with Gasteiger partial charge in [0, 0.05) is 17.3 Å². The molecule has 0 atom stereocenters. The fraction of sp³-hybridized carbons (Fsp3) is 0. The lowest BCUT2D eigenvalue weighted by molar-refractivity contribution is 1.26. The van der Waals surface area contributed by atoms with Crippen molar-refractivity contribution in [3.8, 4) is 6.07 Å². The van der Waals surface area contributed by atoms with Gasteiger partial charge in [-0.3, -0.25) is 4.98 Å². The lowest BCUT2D eigenvalue weighted by Gasteiger charge is -2.06. The maximum atomic E-state index is 8.70. The molecule has 0 aliphatic carbocycles. The molecule has 0 fully saturated rings. The Bertz CT molecular complexity index is 757. The third-order valence-corrected chi connectivity index (χ3v) is 2.77. The number of benzene rings is 1. The molecule has 0 saturated carbocycles. The lowest BCUT2D eigenvalue weighted by atomic mass is 10.2. The fourth-order valence-electron chi connectivity index (χ4n) is 1.85. The standard InChI is InChI=1S/C15H10N4/c16-9-13-3-4-14(10-18-13)19-12-5-6-15-11(8-12)2-1-7-17-15/h1-8,10,19H. The Kier molecular flexibility index (Phi) is 2.79. The first-order valence-electron chi connectivity index (χ1n) is 5.83. The van der Waals surface area contributed by atoms with Crippen LogP contribution in [0.2, 0.25) is 0 Å². The Morgan fingerprint density at radius 3 is 2.68 bits per heavy atom. The van der Waals surface area contributed by atoms with Gasteiger partial charge in [0.05, 0.1) is 17.4 Å². The van der Waals surface area contributed by atoms with Gasteiger partial charge in [-0.2, -0.15) is 5.26 Å². The summed E-state index contributed by atoms with van der Waals surface area (Å²) in [6.07, 6.45) is 3.42. The zero-order valence-corrected chi connectivity index (χ0v) is 10.0. The number of nitrogens with one attached hydrogen (secondary N) is 1. The van der Waals surface area contributed by atoms with Crippen LogP contribution in [0.4, 0.5) is 11.4 Å². The Labute approximate surface area is 110 Å². The minimum Gasteiger partial charge on any atom is -0.354 e. The number of hydrogen-bond donors (Lipinski definition) is 1. The largest absolute Gasteiger partial charge is 0.354 e. The van der Waals surface area contributed by atoms with E-state index in [-0.39, 0.29) is 0 Å². The minimum atomic E-state index is 0.410. The van der Waals surface area contributed by atoms with Crippen LogP contribution in [0.5, 0.6) is 0 Å². The number of aromatic nitrogens is 2. The lowest BCUT2D eigenvalue weighted by Crippen LogP contribution is -1.92. The average molecular weight is 246 g/mol. The molecule has 2 heterocycles. The van der Waals surface area contributed by atoms with E-state index in [9.17, 15) is 0 Å². The van der Waals surface area contributed by atoms with Crippen LogP contribution >= 0.6 is 0 Å². The number of hydrogen-bond acceptors (Lipinski definition) is 4. The van der Waals surface area contributed by atoms with Crippen LogP contribution in [0, 0.1) is 11.3 Å². The van der Waals surface area contributed by atoms with Gasteiger partial charge in [-0.15, -0.1) is 0 Å². The average Bonchev–Trinajstić information content (AvgIpc) is 2.48. The van der Waals surface area contributed by atoms with Crippen LogP contribution in [0.15, 0.2) is 54.9 Å². The van der Waals surface area contributed by atoms with Crippen molar-refractivity contribution in [1.29, 1.82) is 5.26 Å². The number of nitriles is 1. The molecule has 1 N–H and O–H groups in total. The van der Waals surface area contributed by atoms with Crippen LogP contribution < -0.4 is 5.32 Å². The second-order valence-corrected chi connectivity index (χ2v) is 4.08. The van der Waals surface area contributed by atoms with Crippen molar-refractivity contribution in [1.82, 2.24) is 9.97 Å². The smallest absolute Gasteiger partial charge is 0.140 e. The molecular weight excluding hydrogens is 236 g/mol. The molecule has 0 spiro atoms. The molecule has 0 saturated heterocycles. The Hall–Kier alpha value is -2.93. The zero-order chi connectivity index (χ0) is 13.1.